The summed E-state index contributed by atoms with van der Waals surface area (Å²) in [6.45, 7) is 24.6. The molecule has 0 heterocycles. The number of anilines is 1. The molecule has 0 spiro atoms. The molecule has 5 rings (SSSR count). The Morgan fingerprint density at radius 1 is 0.494 bits per heavy atom. The Balaban J connectivity index is -0.0000000573. The fourth-order valence-corrected chi connectivity index (χ4v) is 4.71. The summed E-state index contributed by atoms with van der Waals surface area (Å²) in [7, 11) is 0. The van der Waals surface area contributed by atoms with E-state index < -0.39 is 42.8 Å². The Morgan fingerprint density at radius 3 is 1.07 bits per heavy atom. The van der Waals surface area contributed by atoms with Crippen molar-refractivity contribution in [2.45, 2.75) is 90.0 Å². The van der Waals surface area contributed by atoms with Crippen LogP contribution in [0.5, 0.6) is 34.5 Å². The maximum Gasteiger partial charge on any atom is 1.00 e. The molecule has 0 atom stereocenters. The molecule has 0 saturated carbocycles. The number of aromatic hydroxyl groups is 2. The SMILES string of the molecule is CC.CC.CC.CC.CC.CC(=O)Oc1c(OOS[NH-])cccc1[N+](=O)[O-].Cc1cccc([N+](=O)[O-])c1Cl.Cc1cccc([N+](=O)[O-])c1Cl.[H-].[H-].[H-].[NH-]SOOc1cccc(N)c1O.[NH-]SOOc1cccc([N+](=O)[O-])c1O.[Rb+].[Rb+].[Rb+].[Rb+].[Rb+].[Rb+]. The number of carbonyl (C=O) groups excluding carboxylic acids is 1. The monoisotopic (exact) mass is 1670 g/mol. The summed E-state index contributed by atoms with van der Waals surface area (Å²) in [5.74, 6) is -2.19. The van der Waals surface area contributed by atoms with Crippen LogP contribution < -0.4 is 374 Å². The Labute approximate surface area is 793 Å². The second-order valence-electron chi connectivity index (χ2n) is 11.1. The summed E-state index contributed by atoms with van der Waals surface area (Å²) in [4.78, 5) is 63.5. The van der Waals surface area contributed by atoms with Gasteiger partial charge < -0.3 is 55.0 Å². The van der Waals surface area contributed by atoms with Gasteiger partial charge in [-0.05, 0) is 49.2 Å². The number of rotatable bonds is 14. The van der Waals surface area contributed by atoms with Crippen LogP contribution in [0.4, 0.5) is 28.4 Å². The van der Waals surface area contributed by atoms with Gasteiger partial charge in [0.25, 0.3) is 17.1 Å². The second kappa shape index (κ2) is 73.2. The molecule has 0 aliphatic heterocycles. The van der Waals surface area contributed by atoms with E-state index in [1.165, 1.54) is 48.5 Å². The summed E-state index contributed by atoms with van der Waals surface area (Å²) in [6, 6.07) is 21.6. The van der Waals surface area contributed by atoms with Crippen molar-refractivity contribution < 1.29 is 421 Å². The van der Waals surface area contributed by atoms with Gasteiger partial charge in [-0.2, -0.15) is 0 Å². The van der Waals surface area contributed by atoms with Gasteiger partial charge in [-0.3, -0.25) is 45.3 Å². The number of phenolic OH excluding ortho intramolecular Hbond substituents is 2. The van der Waals surface area contributed by atoms with Crippen molar-refractivity contribution in [2.75, 3.05) is 5.73 Å². The number of hydrogen-bond donors (Lipinski definition) is 3. The minimum atomic E-state index is -0.754. The minimum Gasteiger partial charge on any atom is -1.00 e. The summed E-state index contributed by atoms with van der Waals surface area (Å²) in [5, 5.41) is 80.3. The zero-order valence-electron chi connectivity index (χ0n) is 51.9. The number of carbonyl (C=O) groups is 1. The van der Waals surface area contributed by atoms with Crippen LogP contribution in [0.1, 0.15) is 91.6 Å². The van der Waals surface area contributed by atoms with Crippen LogP contribution in [-0.2, 0) is 17.8 Å². The standard InChI is InChI=1S/C8H7N2O6S.2C7H6ClNO2.C6H5N2O5S.C6H7N2O3S.5C2H6.6Rb.3H/c1-5(11)14-8-6(10(12)13)3-2-4-7(8)15-16-17-9;2*1-5-3-2-4-6(7(5)8)9(10)11;7-14-13-12-5-3-1-2-4(6(5)9)8(10)11;7-4-2-1-3-5(6(4)9)10-11-12-8;5*1-2;;;;;;;;;/h2-4,9H,1H3;2*2-4H,1H3;1-3,7,9H;1-3,8-9H,7H2;5*1-2H3;;;;;;;;;/q-1;;;2*-1;;;;;;6*+1;3*-1. The molecule has 26 nitrogen and oxygen atoms in total. The van der Waals surface area contributed by atoms with Crippen LogP contribution >= 0.6 is 59.9 Å². The van der Waals surface area contributed by atoms with Crippen LogP contribution in [0, 0.1) is 54.3 Å². The third-order valence-electron chi connectivity index (χ3n) is 6.81. The molecule has 0 aliphatic carbocycles. The largest absolute Gasteiger partial charge is 1.00 e. The minimum absolute atomic E-state index is 0. The molecule has 0 aromatic heterocycles. The number of para-hydroxylation sites is 3. The molecule has 0 unspecified atom stereocenters. The Morgan fingerprint density at radius 2 is 0.765 bits per heavy atom. The summed E-state index contributed by atoms with van der Waals surface area (Å²) in [5.41, 5.74) is 6.01. The van der Waals surface area contributed by atoms with Crippen molar-refractivity contribution in [3.8, 4) is 34.5 Å². The van der Waals surface area contributed by atoms with E-state index in [-0.39, 0.29) is 446 Å². The fraction of sp³-hybridized carbons (Fsp3) is 0.295. The van der Waals surface area contributed by atoms with Gasteiger partial charge in [-0.25, -0.2) is 0 Å². The third-order valence-corrected chi connectivity index (χ3v) is 8.21. The van der Waals surface area contributed by atoms with E-state index in [0.29, 0.717) is 0 Å². The molecule has 0 bridgehead atoms. The summed E-state index contributed by atoms with van der Waals surface area (Å²) < 4.78 is 17.3. The number of nitrogens with zero attached hydrogens (tertiary/aromatic N) is 4. The number of aryl methyl sites for hydroxylation is 2. The van der Waals surface area contributed by atoms with Crippen LogP contribution in [0.2, 0.25) is 10.0 Å². The van der Waals surface area contributed by atoms with Crippen molar-refractivity contribution in [1.82, 2.24) is 0 Å². The zero-order chi connectivity index (χ0) is 59.2. The Kier molecular flexibility index (Phi) is 99.2. The molecule has 0 amide bonds. The van der Waals surface area contributed by atoms with Crippen molar-refractivity contribution >= 4 is 94.3 Å². The molecule has 0 aliphatic rings. The maximum atomic E-state index is 10.8. The molecule has 37 heteroatoms. The van der Waals surface area contributed by atoms with Gasteiger partial charge in [0, 0.05) is 31.2 Å². The van der Waals surface area contributed by atoms with E-state index in [9.17, 15) is 55.5 Å². The average Bonchev–Trinajstić information content (AvgIpc) is 3.41. The maximum absolute atomic E-state index is 10.8. The van der Waals surface area contributed by atoms with Gasteiger partial charge in [-0.15, -0.1) is 13.0 Å². The predicted octanol–water partition coefficient (Wildman–Crippen LogP) is -0.822. The number of esters is 1. The molecule has 0 radical (unpaired) electrons. The molecule has 426 valence electrons. The van der Waals surface area contributed by atoms with Crippen LogP contribution in [0.3, 0.4) is 0 Å². The molecular weight excluding hydrogens is 1610 g/mol. The van der Waals surface area contributed by atoms with Gasteiger partial charge >= 0.3 is 366 Å². The topological polar surface area (TPSA) is 392 Å². The van der Waals surface area contributed by atoms with E-state index in [4.69, 9.17) is 44.4 Å². The number of nitrogen functional groups attached to an aromatic ring is 1. The molecule has 7 N–H and O–H groups in total. The van der Waals surface area contributed by atoms with Crippen molar-refractivity contribution in [2.24, 2.45) is 0 Å². The smallest absolute Gasteiger partial charge is 1.00 e. The Bertz CT molecular complexity index is 2410. The van der Waals surface area contributed by atoms with Gasteiger partial charge in [0.2, 0.25) is 23.0 Å². The molecule has 0 fully saturated rings. The first-order valence-electron chi connectivity index (χ1n) is 21.5. The number of nitro groups is 4. The van der Waals surface area contributed by atoms with E-state index >= 15 is 0 Å². The predicted molar refractivity (Wildman–Crippen MR) is 298 cm³/mol. The number of nitro benzene ring substituents is 4. The van der Waals surface area contributed by atoms with Crippen molar-refractivity contribution in [3.05, 3.63) is 168 Å². The van der Waals surface area contributed by atoms with Gasteiger partial charge in [0.15, 0.2) is 5.75 Å². The molecular formula is C44H64Cl2N8O18Rb6S3. The number of phenols is 2. The third kappa shape index (κ3) is 50.4. The van der Waals surface area contributed by atoms with Gasteiger partial charge in [0.05, 0.1) is 25.4 Å². The number of nitrogens with one attached hydrogen (secondary N) is 3. The first kappa shape index (κ1) is 110. The van der Waals surface area contributed by atoms with Gasteiger partial charge in [-0.1, -0.05) is 172 Å². The summed E-state index contributed by atoms with van der Waals surface area (Å²) in [6.07, 6.45) is 0. The number of ether oxygens (including phenoxy) is 1. The molecule has 5 aromatic rings. The number of halogens is 2. The molecule has 81 heavy (non-hydrogen) atoms. The molecule has 0 saturated heterocycles. The zero-order valence-corrected chi connectivity index (χ0v) is 82.4. The first-order valence-corrected chi connectivity index (χ1v) is 24.5. The van der Waals surface area contributed by atoms with E-state index in [0.717, 1.165) is 30.2 Å². The molecule has 5 aromatic carbocycles. The summed E-state index contributed by atoms with van der Waals surface area (Å²) >= 11 is 11.9. The van der Waals surface area contributed by atoms with Crippen molar-refractivity contribution in [1.29, 1.82) is 0 Å². The van der Waals surface area contributed by atoms with E-state index in [2.05, 4.69) is 32.4 Å². The number of nitrogens with two attached hydrogens (primary N) is 1. The van der Waals surface area contributed by atoms with Crippen LogP contribution in [0.25, 0.3) is 15.4 Å². The average molecular weight is 1670 g/mol. The van der Waals surface area contributed by atoms with Crippen molar-refractivity contribution in [3.63, 3.8) is 0 Å². The normalized spacial score (nSPS) is 8.17. The van der Waals surface area contributed by atoms with E-state index in [1.54, 1.807) is 44.2 Å². The Hall–Kier alpha value is 4.19. The second-order valence-corrected chi connectivity index (χ2v) is 12.7. The van der Waals surface area contributed by atoms with E-state index in [1.807, 2.05) is 69.2 Å². The van der Waals surface area contributed by atoms with Crippen LogP contribution in [-0.4, -0.2) is 35.9 Å². The fourth-order valence-electron chi connectivity index (χ4n) is 4.00. The first-order chi connectivity index (χ1) is 35.7. The quantitative estimate of drug-likeness (QED) is 0.0141. The van der Waals surface area contributed by atoms with Crippen LogP contribution in [0.15, 0.2) is 91.0 Å². The number of hydrogen-bond acceptors (Lipinski definition) is 22. The number of benzene rings is 5. The van der Waals surface area contributed by atoms with Gasteiger partial charge in [0.1, 0.15) is 10.0 Å².